The Morgan fingerprint density at radius 3 is 2.48 bits per heavy atom. The molecule has 0 aliphatic rings. The van der Waals surface area contributed by atoms with Crippen LogP contribution in [0.15, 0.2) is 73.3 Å². The molecule has 3 rings (SSSR count). The van der Waals surface area contributed by atoms with Crippen molar-refractivity contribution in [2.75, 3.05) is 0 Å². The number of imidazole rings is 1. The van der Waals surface area contributed by atoms with Crippen LogP contribution in [0, 0.1) is 5.92 Å². The molecule has 3 heteroatoms. The molecule has 0 spiro atoms. The summed E-state index contributed by atoms with van der Waals surface area (Å²) in [6, 6.07) is 18.9. The molecule has 0 aliphatic carbocycles. The number of benzene rings is 2. The molecule has 0 N–H and O–H groups in total. The number of rotatable bonds is 9. The van der Waals surface area contributed by atoms with Gasteiger partial charge in [0.2, 0.25) is 0 Å². The van der Waals surface area contributed by atoms with Gasteiger partial charge in [0.15, 0.2) is 0 Å². The van der Waals surface area contributed by atoms with Crippen LogP contribution in [0.4, 0.5) is 0 Å². The third kappa shape index (κ3) is 5.75. The van der Waals surface area contributed by atoms with Crippen LogP contribution in [0.2, 0.25) is 5.02 Å². The first-order valence-electron chi connectivity index (χ1n) is 9.04. The smallest absolute Gasteiger partial charge is 0.0945 e. The van der Waals surface area contributed by atoms with Crippen molar-refractivity contribution in [1.82, 2.24) is 9.55 Å². The second kappa shape index (κ2) is 9.43. The van der Waals surface area contributed by atoms with E-state index in [0.717, 1.165) is 30.8 Å². The fourth-order valence-electron chi connectivity index (χ4n) is 3.32. The highest BCUT2D eigenvalue weighted by Gasteiger charge is 2.11. The maximum atomic E-state index is 6.32. The molecule has 0 radical (unpaired) electrons. The van der Waals surface area contributed by atoms with Crippen molar-refractivity contribution >= 4 is 11.6 Å². The maximum absolute atomic E-state index is 6.32. The topological polar surface area (TPSA) is 17.8 Å². The first-order chi connectivity index (χ1) is 12.3. The van der Waals surface area contributed by atoms with Gasteiger partial charge in [0.05, 0.1) is 6.33 Å². The normalized spacial score (nSPS) is 12.2. The summed E-state index contributed by atoms with van der Waals surface area (Å²) in [5.74, 6) is 0.634. The molecule has 1 heterocycles. The lowest BCUT2D eigenvalue weighted by Crippen LogP contribution is -2.11. The van der Waals surface area contributed by atoms with Crippen LogP contribution in [-0.2, 0) is 19.4 Å². The van der Waals surface area contributed by atoms with E-state index in [1.165, 1.54) is 24.0 Å². The van der Waals surface area contributed by atoms with Crippen LogP contribution in [0.25, 0.3) is 0 Å². The van der Waals surface area contributed by atoms with Gasteiger partial charge in [-0.25, -0.2) is 4.98 Å². The number of aryl methyl sites for hydroxylation is 2. The summed E-state index contributed by atoms with van der Waals surface area (Å²) in [5, 5.41) is 0.883. The summed E-state index contributed by atoms with van der Waals surface area (Å²) in [6.07, 6.45) is 11.6. The Balaban J connectivity index is 1.56. The van der Waals surface area contributed by atoms with Crippen molar-refractivity contribution in [3.63, 3.8) is 0 Å². The highest BCUT2D eigenvalue weighted by atomic mass is 35.5. The fourth-order valence-corrected chi connectivity index (χ4v) is 3.55. The van der Waals surface area contributed by atoms with Crippen LogP contribution >= 0.6 is 11.6 Å². The van der Waals surface area contributed by atoms with E-state index in [9.17, 15) is 0 Å². The summed E-state index contributed by atoms with van der Waals surface area (Å²) in [7, 11) is 0. The summed E-state index contributed by atoms with van der Waals surface area (Å²) in [4.78, 5) is 4.18. The summed E-state index contributed by atoms with van der Waals surface area (Å²) >= 11 is 6.32. The number of halogens is 1. The van der Waals surface area contributed by atoms with E-state index in [1.54, 1.807) is 0 Å². The van der Waals surface area contributed by atoms with Crippen LogP contribution in [-0.4, -0.2) is 9.55 Å². The molecular weight excluding hydrogens is 328 g/mol. The highest BCUT2D eigenvalue weighted by molar-refractivity contribution is 6.31. The predicted octanol–water partition coefficient (Wildman–Crippen LogP) is 5.81. The lowest BCUT2D eigenvalue weighted by atomic mass is 9.93. The molecule has 1 aromatic heterocycles. The average Bonchev–Trinajstić information content (AvgIpc) is 3.15. The third-order valence-electron chi connectivity index (χ3n) is 4.73. The Morgan fingerprint density at radius 2 is 1.72 bits per heavy atom. The minimum atomic E-state index is 0.634. The Morgan fingerprint density at radius 1 is 0.920 bits per heavy atom. The second-order valence-electron chi connectivity index (χ2n) is 6.63. The van der Waals surface area contributed by atoms with Crippen LogP contribution in [0.5, 0.6) is 0 Å². The molecule has 0 fully saturated rings. The fraction of sp³-hybridized carbons (Fsp3) is 0.318. The summed E-state index contributed by atoms with van der Waals surface area (Å²) < 4.78 is 2.19. The number of hydrogen-bond donors (Lipinski definition) is 0. The van der Waals surface area contributed by atoms with Gasteiger partial charge >= 0.3 is 0 Å². The standard InChI is InChI=1S/C22H25ClN2/c23-22-12-5-4-11-21(22)14-13-20(17-25-16-15-24-18-25)10-6-9-19-7-2-1-3-8-19/h1-5,7-8,11-12,15-16,18,20H,6,9-10,13-14,17H2. The molecule has 0 amide bonds. The SMILES string of the molecule is Clc1ccccc1CCC(CCCc1ccccc1)Cn1ccnc1. The van der Waals surface area contributed by atoms with Crippen molar-refractivity contribution in [1.29, 1.82) is 0 Å². The largest absolute Gasteiger partial charge is 0.337 e. The molecule has 1 unspecified atom stereocenters. The van der Waals surface area contributed by atoms with Crippen LogP contribution in [0.3, 0.4) is 0 Å². The molecular formula is C22H25ClN2. The van der Waals surface area contributed by atoms with Crippen molar-refractivity contribution in [3.8, 4) is 0 Å². The molecule has 3 aromatic rings. The molecule has 130 valence electrons. The highest BCUT2D eigenvalue weighted by Crippen LogP contribution is 2.22. The summed E-state index contributed by atoms with van der Waals surface area (Å²) in [6.45, 7) is 1.03. The van der Waals surface area contributed by atoms with Crippen LogP contribution in [0.1, 0.15) is 30.4 Å². The predicted molar refractivity (Wildman–Crippen MR) is 105 cm³/mol. The van der Waals surface area contributed by atoms with Gasteiger partial charge in [-0.3, -0.25) is 0 Å². The molecule has 0 aliphatic heterocycles. The van der Waals surface area contributed by atoms with Crippen molar-refractivity contribution in [2.24, 2.45) is 5.92 Å². The second-order valence-corrected chi connectivity index (χ2v) is 7.04. The number of aromatic nitrogens is 2. The minimum absolute atomic E-state index is 0.634. The molecule has 2 nitrogen and oxygen atoms in total. The van der Waals surface area contributed by atoms with E-state index in [4.69, 9.17) is 11.6 Å². The van der Waals surface area contributed by atoms with Gasteiger partial charge in [-0.15, -0.1) is 0 Å². The molecule has 1 atom stereocenters. The first-order valence-corrected chi connectivity index (χ1v) is 9.42. The zero-order valence-electron chi connectivity index (χ0n) is 14.5. The molecule has 25 heavy (non-hydrogen) atoms. The lowest BCUT2D eigenvalue weighted by Gasteiger charge is -2.18. The van der Waals surface area contributed by atoms with E-state index < -0.39 is 0 Å². The number of hydrogen-bond acceptors (Lipinski definition) is 1. The Kier molecular flexibility index (Phi) is 6.70. The monoisotopic (exact) mass is 352 g/mol. The first kappa shape index (κ1) is 17.8. The van der Waals surface area contributed by atoms with Gasteiger partial charge < -0.3 is 4.57 Å². The van der Waals surface area contributed by atoms with Crippen molar-refractivity contribution < 1.29 is 0 Å². The van der Waals surface area contributed by atoms with E-state index >= 15 is 0 Å². The Hall–Kier alpha value is -2.06. The van der Waals surface area contributed by atoms with Crippen LogP contribution < -0.4 is 0 Å². The lowest BCUT2D eigenvalue weighted by molar-refractivity contribution is 0.379. The van der Waals surface area contributed by atoms with E-state index in [2.05, 4.69) is 58.2 Å². The van der Waals surface area contributed by atoms with E-state index in [1.807, 2.05) is 24.7 Å². The number of nitrogens with zero attached hydrogens (tertiary/aromatic N) is 2. The van der Waals surface area contributed by atoms with E-state index in [-0.39, 0.29) is 0 Å². The third-order valence-corrected chi connectivity index (χ3v) is 5.10. The van der Waals surface area contributed by atoms with Gasteiger partial charge in [0.1, 0.15) is 0 Å². The molecule has 0 saturated heterocycles. The Labute approximate surface area is 155 Å². The maximum Gasteiger partial charge on any atom is 0.0945 e. The quantitative estimate of drug-likeness (QED) is 0.475. The van der Waals surface area contributed by atoms with Crippen molar-refractivity contribution in [2.45, 2.75) is 38.6 Å². The van der Waals surface area contributed by atoms with Gasteiger partial charge in [-0.2, -0.15) is 0 Å². The van der Waals surface area contributed by atoms with E-state index in [0.29, 0.717) is 5.92 Å². The van der Waals surface area contributed by atoms with Crippen molar-refractivity contribution in [3.05, 3.63) is 89.5 Å². The zero-order valence-corrected chi connectivity index (χ0v) is 15.3. The van der Waals surface area contributed by atoms with Gasteiger partial charge in [0.25, 0.3) is 0 Å². The average molecular weight is 353 g/mol. The van der Waals surface area contributed by atoms with Gasteiger partial charge in [0, 0.05) is 24.0 Å². The molecule has 0 saturated carbocycles. The minimum Gasteiger partial charge on any atom is -0.337 e. The summed E-state index contributed by atoms with van der Waals surface area (Å²) in [5.41, 5.74) is 2.68. The van der Waals surface area contributed by atoms with Gasteiger partial charge in [-0.1, -0.05) is 60.1 Å². The van der Waals surface area contributed by atoms with Gasteiger partial charge in [-0.05, 0) is 55.2 Å². The molecule has 2 aromatic carbocycles. The molecule has 0 bridgehead atoms. The Bertz CT molecular complexity index is 738. The zero-order chi connectivity index (χ0) is 17.3.